The van der Waals surface area contributed by atoms with E-state index >= 15 is 0 Å². The fraction of sp³-hybridized carbons (Fsp3) is 0.556. The van der Waals surface area contributed by atoms with E-state index in [0.717, 1.165) is 0 Å². The zero-order chi connectivity index (χ0) is 11.6. The molecule has 0 radical (unpaired) electrons. The van der Waals surface area contributed by atoms with Gasteiger partial charge in [0.25, 0.3) is 0 Å². The summed E-state index contributed by atoms with van der Waals surface area (Å²) in [7, 11) is 2.94. The van der Waals surface area contributed by atoms with Crippen LogP contribution in [0.3, 0.4) is 0 Å². The summed E-state index contributed by atoms with van der Waals surface area (Å²) in [6, 6.07) is 1.52. The lowest BCUT2D eigenvalue weighted by atomic mass is 10.0. The first-order valence-electron chi connectivity index (χ1n) is 4.45. The molecule has 0 aliphatic carbocycles. The lowest BCUT2D eigenvalue weighted by Crippen LogP contribution is -2.38. The van der Waals surface area contributed by atoms with Crippen LogP contribution in [0, 0.1) is 0 Å². The molecule has 0 saturated heterocycles. The molecule has 0 bridgehead atoms. The average molecular weight is 213 g/mol. The summed E-state index contributed by atoms with van der Waals surface area (Å²) < 4.78 is 5.99. The first-order valence-corrected chi connectivity index (χ1v) is 4.45. The fourth-order valence-corrected chi connectivity index (χ4v) is 1.29. The molecule has 0 amide bonds. The van der Waals surface area contributed by atoms with Crippen LogP contribution in [0.15, 0.2) is 6.07 Å². The third-order valence-corrected chi connectivity index (χ3v) is 2.19. The fourth-order valence-electron chi connectivity index (χ4n) is 1.29. The van der Waals surface area contributed by atoms with Gasteiger partial charge in [-0.25, -0.2) is 4.79 Å². The van der Waals surface area contributed by atoms with Gasteiger partial charge in [0.2, 0.25) is 0 Å². The molecule has 0 aromatic carbocycles. The summed E-state index contributed by atoms with van der Waals surface area (Å²) >= 11 is 0. The molecule has 0 saturated carbocycles. The number of aliphatic hydroxyl groups excluding tert-OH is 1. The number of carbonyl (C=O) groups is 1. The largest absolute Gasteiger partial charge is 0.464 e. The van der Waals surface area contributed by atoms with Gasteiger partial charge in [0.05, 0.1) is 24.9 Å². The van der Waals surface area contributed by atoms with Crippen molar-refractivity contribution in [2.75, 3.05) is 13.7 Å². The summed E-state index contributed by atoms with van der Waals surface area (Å²) in [5.74, 6) is -0.523. The second kappa shape index (κ2) is 4.00. The maximum absolute atomic E-state index is 11.2. The predicted octanol–water partition coefficient (Wildman–Crippen LogP) is -0.627. The van der Waals surface area contributed by atoms with E-state index in [9.17, 15) is 4.79 Å². The monoisotopic (exact) mass is 213 g/mol. The molecule has 0 fully saturated rings. The molecule has 1 unspecified atom stereocenters. The molecule has 1 aromatic heterocycles. The Balaban J connectivity index is 3.12. The van der Waals surface area contributed by atoms with E-state index in [-0.39, 0.29) is 12.3 Å². The Kier molecular flexibility index (Phi) is 3.11. The molecule has 15 heavy (non-hydrogen) atoms. The van der Waals surface area contributed by atoms with Crippen LogP contribution >= 0.6 is 0 Å². The number of methoxy groups -OCH3 is 1. The van der Waals surface area contributed by atoms with E-state index in [1.165, 1.54) is 17.9 Å². The Morgan fingerprint density at radius 1 is 1.80 bits per heavy atom. The molecule has 1 heterocycles. The van der Waals surface area contributed by atoms with Crippen molar-refractivity contribution in [3.05, 3.63) is 17.5 Å². The van der Waals surface area contributed by atoms with Crippen molar-refractivity contribution in [1.29, 1.82) is 0 Å². The van der Waals surface area contributed by atoms with Crippen molar-refractivity contribution in [2.24, 2.45) is 12.8 Å². The van der Waals surface area contributed by atoms with E-state index in [2.05, 4.69) is 9.84 Å². The first-order chi connectivity index (χ1) is 6.92. The molecular weight excluding hydrogens is 198 g/mol. The van der Waals surface area contributed by atoms with Gasteiger partial charge in [0.15, 0.2) is 5.69 Å². The lowest BCUT2D eigenvalue weighted by molar-refractivity contribution is 0.0593. The van der Waals surface area contributed by atoms with Gasteiger partial charge in [-0.2, -0.15) is 5.10 Å². The molecule has 84 valence electrons. The zero-order valence-corrected chi connectivity index (χ0v) is 9.02. The van der Waals surface area contributed by atoms with Crippen molar-refractivity contribution in [3.63, 3.8) is 0 Å². The third-order valence-electron chi connectivity index (χ3n) is 2.19. The number of esters is 1. The summed E-state index contributed by atoms with van der Waals surface area (Å²) in [6.45, 7) is 1.43. The summed E-state index contributed by atoms with van der Waals surface area (Å²) in [4.78, 5) is 11.2. The number of ether oxygens (including phenoxy) is 1. The van der Waals surface area contributed by atoms with Gasteiger partial charge in [-0.3, -0.25) is 4.68 Å². The maximum atomic E-state index is 11.2. The minimum absolute atomic E-state index is 0.181. The van der Waals surface area contributed by atoms with Gasteiger partial charge in [0, 0.05) is 7.05 Å². The Labute approximate surface area is 87.6 Å². The summed E-state index contributed by atoms with van der Waals surface area (Å²) in [5, 5.41) is 13.0. The second-order valence-corrected chi connectivity index (χ2v) is 3.61. The Hall–Kier alpha value is -1.40. The molecule has 6 heteroatoms. The predicted molar refractivity (Wildman–Crippen MR) is 53.2 cm³/mol. The highest BCUT2D eigenvalue weighted by molar-refractivity contribution is 5.87. The third kappa shape index (κ3) is 2.16. The molecule has 1 aromatic rings. The molecule has 0 aliphatic rings. The summed E-state index contributed by atoms with van der Waals surface area (Å²) in [6.07, 6.45) is 0. The zero-order valence-electron chi connectivity index (χ0n) is 9.02. The van der Waals surface area contributed by atoms with E-state index in [1.54, 1.807) is 14.0 Å². The number of hydrogen-bond donors (Lipinski definition) is 2. The van der Waals surface area contributed by atoms with Crippen molar-refractivity contribution in [1.82, 2.24) is 9.78 Å². The Morgan fingerprint density at radius 2 is 2.40 bits per heavy atom. The van der Waals surface area contributed by atoms with E-state index in [1.807, 2.05) is 0 Å². The maximum Gasteiger partial charge on any atom is 0.358 e. The van der Waals surface area contributed by atoms with Crippen LogP contribution in [-0.4, -0.2) is 34.6 Å². The van der Waals surface area contributed by atoms with Crippen molar-refractivity contribution >= 4 is 5.97 Å². The second-order valence-electron chi connectivity index (χ2n) is 3.61. The minimum Gasteiger partial charge on any atom is -0.464 e. The molecule has 1 atom stereocenters. The Morgan fingerprint density at radius 3 is 2.87 bits per heavy atom. The minimum atomic E-state index is -0.923. The van der Waals surface area contributed by atoms with Crippen LogP contribution in [0.25, 0.3) is 0 Å². The molecule has 3 N–H and O–H groups in total. The lowest BCUT2D eigenvalue weighted by Gasteiger charge is -2.21. The SMILES string of the molecule is COC(=O)c1cc(C(C)(N)CO)n(C)n1. The van der Waals surface area contributed by atoms with Gasteiger partial charge in [-0.1, -0.05) is 0 Å². The van der Waals surface area contributed by atoms with E-state index in [0.29, 0.717) is 5.69 Å². The number of nitrogens with two attached hydrogens (primary N) is 1. The highest BCUT2D eigenvalue weighted by atomic mass is 16.5. The number of aliphatic hydroxyl groups is 1. The van der Waals surface area contributed by atoms with Gasteiger partial charge in [0.1, 0.15) is 0 Å². The first kappa shape index (κ1) is 11.7. The number of rotatable bonds is 3. The molecule has 0 aliphatic heterocycles. The highest BCUT2D eigenvalue weighted by Crippen LogP contribution is 2.17. The number of carbonyl (C=O) groups excluding carboxylic acids is 1. The quantitative estimate of drug-likeness (QED) is 0.652. The number of hydrogen-bond acceptors (Lipinski definition) is 5. The normalized spacial score (nSPS) is 14.7. The molecule has 6 nitrogen and oxygen atoms in total. The number of nitrogens with zero attached hydrogens (tertiary/aromatic N) is 2. The van der Waals surface area contributed by atoms with Gasteiger partial charge in [-0.15, -0.1) is 0 Å². The van der Waals surface area contributed by atoms with Crippen molar-refractivity contribution in [2.45, 2.75) is 12.5 Å². The van der Waals surface area contributed by atoms with Crippen molar-refractivity contribution < 1.29 is 14.6 Å². The Bertz CT molecular complexity index is 371. The van der Waals surface area contributed by atoms with E-state index in [4.69, 9.17) is 10.8 Å². The van der Waals surface area contributed by atoms with Crippen LogP contribution in [0.4, 0.5) is 0 Å². The molecule has 1 rings (SSSR count). The number of aryl methyl sites for hydroxylation is 1. The summed E-state index contributed by atoms with van der Waals surface area (Å²) in [5.41, 5.74) is 5.66. The number of aromatic nitrogens is 2. The van der Waals surface area contributed by atoms with Crippen molar-refractivity contribution in [3.8, 4) is 0 Å². The van der Waals surface area contributed by atoms with E-state index < -0.39 is 11.5 Å². The average Bonchev–Trinajstić information content (AvgIpc) is 2.60. The van der Waals surface area contributed by atoms with Gasteiger partial charge in [-0.05, 0) is 13.0 Å². The van der Waals surface area contributed by atoms with Crippen LogP contribution < -0.4 is 5.73 Å². The van der Waals surface area contributed by atoms with Gasteiger partial charge >= 0.3 is 5.97 Å². The standard InChI is InChI=1S/C9H15N3O3/c1-9(10,5-13)7-4-6(8(14)15-3)11-12(7)2/h4,13H,5,10H2,1-3H3. The topological polar surface area (TPSA) is 90.4 Å². The molecular formula is C9H15N3O3. The highest BCUT2D eigenvalue weighted by Gasteiger charge is 2.26. The van der Waals surface area contributed by atoms with Crippen LogP contribution in [0.5, 0.6) is 0 Å². The molecule has 0 spiro atoms. The van der Waals surface area contributed by atoms with Crippen LogP contribution in [0.2, 0.25) is 0 Å². The van der Waals surface area contributed by atoms with Crippen LogP contribution in [0.1, 0.15) is 23.1 Å². The van der Waals surface area contributed by atoms with Gasteiger partial charge < -0.3 is 15.6 Å². The smallest absolute Gasteiger partial charge is 0.358 e. The van der Waals surface area contributed by atoms with Crippen LogP contribution in [-0.2, 0) is 17.3 Å².